The van der Waals surface area contributed by atoms with E-state index in [2.05, 4.69) is 20.6 Å². The largest absolute Gasteiger partial charge is 0.457 e. The van der Waals surface area contributed by atoms with Gasteiger partial charge in [0.2, 0.25) is 0 Å². The van der Waals surface area contributed by atoms with Crippen LogP contribution in [0.25, 0.3) is 11.0 Å². The number of aromatic nitrogens is 2. The number of pyridine rings is 1. The van der Waals surface area contributed by atoms with Gasteiger partial charge < -0.3 is 25.1 Å². The van der Waals surface area contributed by atoms with Crippen LogP contribution in [-0.4, -0.2) is 16.0 Å². The van der Waals surface area contributed by atoms with E-state index in [1.165, 1.54) is 24.3 Å². The van der Waals surface area contributed by atoms with Crippen LogP contribution in [0.1, 0.15) is 5.56 Å². The molecule has 0 radical (unpaired) electrons. The number of urea groups is 1. The number of para-hydroxylation sites is 1. The van der Waals surface area contributed by atoms with Gasteiger partial charge in [-0.2, -0.15) is 13.2 Å². The summed E-state index contributed by atoms with van der Waals surface area (Å²) in [6.07, 6.45) is -1.46. The Morgan fingerprint density at radius 2 is 1.55 bits per heavy atom. The molecule has 0 spiro atoms. The van der Waals surface area contributed by atoms with Crippen molar-refractivity contribution in [2.75, 3.05) is 10.6 Å². The molecule has 11 heteroatoms. The van der Waals surface area contributed by atoms with Crippen molar-refractivity contribution in [1.29, 1.82) is 0 Å². The number of nitrogens with zero attached hydrogens (tertiary/aromatic N) is 1. The first-order valence-corrected chi connectivity index (χ1v) is 11.2. The second-order valence-electron chi connectivity index (χ2n) is 8.00. The first-order valence-electron chi connectivity index (χ1n) is 11.2. The number of rotatable bonds is 6. The molecule has 3 N–H and O–H groups in total. The Hall–Kier alpha value is -5.06. The quantitative estimate of drug-likeness (QED) is 0.198. The molecule has 0 bridgehead atoms. The Balaban J connectivity index is 1.26. The average Bonchev–Trinajstić information content (AvgIpc) is 3.37. The van der Waals surface area contributed by atoms with Gasteiger partial charge in [0.25, 0.3) is 0 Å². The topological polar surface area (TPSA) is 88.3 Å². The summed E-state index contributed by atoms with van der Waals surface area (Å²) in [7, 11) is 0. The van der Waals surface area contributed by atoms with Crippen molar-refractivity contribution in [2.45, 2.75) is 6.18 Å². The summed E-state index contributed by atoms with van der Waals surface area (Å²) in [6.45, 7) is 0. The number of carbonyl (C=O) groups is 1. The van der Waals surface area contributed by atoms with Gasteiger partial charge in [0, 0.05) is 23.8 Å². The highest BCUT2D eigenvalue weighted by Crippen LogP contribution is 2.40. The fourth-order valence-electron chi connectivity index (χ4n) is 3.62. The van der Waals surface area contributed by atoms with E-state index in [0.717, 1.165) is 17.5 Å². The third-order valence-corrected chi connectivity index (χ3v) is 5.36. The van der Waals surface area contributed by atoms with Gasteiger partial charge in [-0.15, -0.1) is 0 Å². The fourth-order valence-corrected chi connectivity index (χ4v) is 3.62. The molecule has 5 aromatic rings. The molecular weight excluding hydrogens is 504 g/mol. The number of alkyl halides is 3. The molecule has 0 unspecified atom stereocenters. The first-order chi connectivity index (χ1) is 18.3. The molecular formula is C27H18F4N4O3. The number of carbonyl (C=O) groups excluding carboxylic acids is 1. The van der Waals surface area contributed by atoms with Crippen molar-refractivity contribution >= 4 is 28.4 Å². The standard InChI is InChI=1S/C27H18F4N4O3/c28-21-3-1-2-4-24(21)38-23-10-7-17(15-20(23)27(29,30)31)35-26(36)34-16-5-8-18(9-6-16)37-22-12-14-33-25-19(22)11-13-32-25/h1-15H,(H,32,33)(H2,34,35,36). The Morgan fingerprint density at radius 3 is 2.32 bits per heavy atom. The van der Waals surface area contributed by atoms with E-state index in [1.54, 1.807) is 42.7 Å². The molecule has 0 aliphatic heterocycles. The predicted molar refractivity (Wildman–Crippen MR) is 133 cm³/mol. The molecule has 2 aromatic heterocycles. The smallest absolute Gasteiger partial charge is 0.420 e. The number of halogens is 4. The van der Waals surface area contributed by atoms with Crippen LogP contribution in [0.4, 0.5) is 33.7 Å². The van der Waals surface area contributed by atoms with Crippen LogP contribution >= 0.6 is 0 Å². The van der Waals surface area contributed by atoms with Gasteiger partial charge in [-0.25, -0.2) is 14.2 Å². The van der Waals surface area contributed by atoms with Gasteiger partial charge in [0.1, 0.15) is 28.5 Å². The van der Waals surface area contributed by atoms with Crippen molar-refractivity contribution in [2.24, 2.45) is 0 Å². The van der Waals surface area contributed by atoms with Crippen molar-refractivity contribution in [3.05, 3.63) is 103 Å². The Bertz CT molecular complexity index is 1600. The number of anilines is 2. The van der Waals surface area contributed by atoms with Crippen LogP contribution in [0, 0.1) is 5.82 Å². The Kier molecular flexibility index (Phi) is 6.56. The number of hydrogen-bond donors (Lipinski definition) is 3. The van der Waals surface area contributed by atoms with Crippen LogP contribution in [-0.2, 0) is 6.18 Å². The number of ether oxygens (including phenoxy) is 2. The molecule has 0 aliphatic carbocycles. The minimum absolute atomic E-state index is 0.135. The summed E-state index contributed by atoms with van der Waals surface area (Å²) in [5.41, 5.74) is -0.249. The number of nitrogens with one attached hydrogen (secondary N) is 3. The first kappa shape index (κ1) is 24.6. The molecule has 0 atom stereocenters. The minimum atomic E-state index is -4.81. The van der Waals surface area contributed by atoms with Crippen molar-refractivity contribution < 1.29 is 31.8 Å². The highest BCUT2D eigenvalue weighted by atomic mass is 19.4. The zero-order valence-electron chi connectivity index (χ0n) is 19.3. The Labute approximate surface area is 213 Å². The maximum atomic E-state index is 13.9. The summed E-state index contributed by atoms with van der Waals surface area (Å²) < 4.78 is 65.9. The second-order valence-corrected chi connectivity index (χ2v) is 8.00. The van der Waals surface area contributed by atoms with E-state index in [4.69, 9.17) is 9.47 Å². The van der Waals surface area contributed by atoms with Gasteiger partial charge in [0.15, 0.2) is 11.6 Å². The van der Waals surface area contributed by atoms with Crippen LogP contribution in [0.5, 0.6) is 23.0 Å². The molecule has 0 aliphatic rings. The average molecular weight is 522 g/mol. The van der Waals surface area contributed by atoms with Gasteiger partial charge in [-0.1, -0.05) is 12.1 Å². The van der Waals surface area contributed by atoms with E-state index < -0.39 is 29.3 Å². The number of fused-ring (bicyclic) bond motifs is 1. The van der Waals surface area contributed by atoms with Crippen LogP contribution < -0.4 is 20.1 Å². The van der Waals surface area contributed by atoms with Gasteiger partial charge in [-0.3, -0.25) is 0 Å². The SMILES string of the molecule is O=C(Nc1ccc(Oc2ccnc3[nH]ccc23)cc1)Nc1ccc(Oc2ccccc2F)c(C(F)(F)F)c1. The van der Waals surface area contributed by atoms with Gasteiger partial charge in [0.05, 0.1) is 5.39 Å². The van der Waals surface area contributed by atoms with Crippen molar-refractivity contribution in [3.8, 4) is 23.0 Å². The lowest BCUT2D eigenvalue weighted by Crippen LogP contribution is -2.20. The molecule has 0 fully saturated rings. The maximum Gasteiger partial charge on any atom is 0.420 e. The summed E-state index contributed by atoms with van der Waals surface area (Å²) in [6, 6.07) is 17.3. The summed E-state index contributed by atoms with van der Waals surface area (Å²) >= 11 is 0. The minimum Gasteiger partial charge on any atom is -0.457 e. The number of amides is 2. The second kappa shape index (κ2) is 10.1. The normalized spacial score (nSPS) is 11.3. The number of hydrogen-bond acceptors (Lipinski definition) is 4. The number of aromatic amines is 1. The molecule has 2 heterocycles. The van der Waals surface area contributed by atoms with E-state index in [-0.39, 0.29) is 11.4 Å². The summed E-state index contributed by atoms with van der Waals surface area (Å²) in [5, 5.41) is 5.70. The van der Waals surface area contributed by atoms with Crippen LogP contribution in [0.2, 0.25) is 0 Å². The van der Waals surface area contributed by atoms with E-state index in [1.807, 2.05) is 6.07 Å². The van der Waals surface area contributed by atoms with Gasteiger partial charge in [-0.05, 0) is 66.7 Å². The number of benzene rings is 3. The molecule has 192 valence electrons. The monoisotopic (exact) mass is 522 g/mol. The van der Waals surface area contributed by atoms with Crippen molar-refractivity contribution in [1.82, 2.24) is 9.97 Å². The van der Waals surface area contributed by atoms with E-state index in [9.17, 15) is 22.4 Å². The molecule has 0 saturated carbocycles. The zero-order valence-corrected chi connectivity index (χ0v) is 19.3. The third kappa shape index (κ3) is 5.51. The fraction of sp³-hybridized carbons (Fsp3) is 0.0370. The lowest BCUT2D eigenvalue weighted by molar-refractivity contribution is -0.138. The van der Waals surface area contributed by atoms with Gasteiger partial charge >= 0.3 is 12.2 Å². The molecule has 3 aromatic carbocycles. The highest BCUT2D eigenvalue weighted by Gasteiger charge is 2.35. The van der Waals surface area contributed by atoms with E-state index in [0.29, 0.717) is 28.9 Å². The lowest BCUT2D eigenvalue weighted by Gasteiger charge is -2.16. The zero-order chi connectivity index (χ0) is 26.7. The molecule has 7 nitrogen and oxygen atoms in total. The third-order valence-electron chi connectivity index (χ3n) is 5.36. The summed E-state index contributed by atoms with van der Waals surface area (Å²) in [4.78, 5) is 19.6. The molecule has 38 heavy (non-hydrogen) atoms. The lowest BCUT2D eigenvalue weighted by atomic mass is 10.1. The molecule has 2 amide bonds. The van der Waals surface area contributed by atoms with Crippen LogP contribution in [0.15, 0.2) is 91.3 Å². The molecule has 5 rings (SSSR count). The van der Waals surface area contributed by atoms with Crippen molar-refractivity contribution in [3.63, 3.8) is 0 Å². The highest BCUT2D eigenvalue weighted by molar-refractivity contribution is 5.99. The van der Waals surface area contributed by atoms with E-state index >= 15 is 0 Å². The molecule has 0 saturated heterocycles. The Morgan fingerprint density at radius 1 is 0.816 bits per heavy atom. The predicted octanol–water partition coefficient (Wildman–Crippen LogP) is 7.95. The maximum absolute atomic E-state index is 13.9. The summed E-state index contributed by atoms with van der Waals surface area (Å²) in [5.74, 6) is -0.666. The number of H-pyrrole nitrogens is 1. The van der Waals surface area contributed by atoms with Crippen LogP contribution in [0.3, 0.4) is 0 Å².